The highest BCUT2D eigenvalue weighted by atomic mass is 35.5. The Morgan fingerprint density at radius 1 is 1.53 bits per heavy atom. The molecule has 0 aromatic heterocycles. The number of nitro groups is 1. The highest BCUT2D eigenvalue weighted by Crippen LogP contribution is 2.29. The van der Waals surface area contributed by atoms with Crippen LogP contribution in [0, 0.1) is 10.1 Å². The lowest BCUT2D eigenvalue weighted by molar-refractivity contribution is -0.384. The number of benzene rings is 1. The van der Waals surface area contributed by atoms with E-state index in [1.165, 1.54) is 12.1 Å². The summed E-state index contributed by atoms with van der Waals surface area (Å²) < 4.78 is 0. The molecule has 0 heterocycles. The molecule has 0 aliphatic rings. The number of halogens is 1. The summed E-state index contributed by atoms with van der Waals surface area (Å²) >= 11 is 5.85. The number of amides is 2. The maximum absolute atomic E-state index is 10.8. The first-order chi connectivity index (χ1) is 8.81. The van der Waals surface area contributed by atoms with Gasteiger partial charge in [-0.2, -0.15) is 0 Å². The molecule has 0 bridgehead atoms. The Hall–Kier alpha value is -2.35. The van der Waals surface area contributed by atoms with E-state index in [4.69, 9.17) is 22.4 Å². The third kappa shape index (κ3) is 4.11. The van der Waals surface area contributed by atoms with Crippen LogP contribution in [-0.4, -0.2) is 22.0 Å². The molecule has 0 saturated carbocycles. The van der Waals surface area contributed by atoms with Gasteiger partial charge < -0.3 is 16.2 Å². The van der Waals surface area contributed by atoms with Gasteiger partial charge in [-0.3, -0.25) is 14.9 Å². The number of nitro benzene ring substituents is 1. The van der Waals surface area contributed by atoms with Gasteiger partial charge in [0.2, 0.25) is 0 Å². The number of non-ortho nitro benzene ring substituents is 1. The Labute approximate surface area is 112 Å². The van der Waals surface area contributed by atoms with Crippen molar-refractivity contribution in [1.82, 2.24) is 5.32 Å². The van der Waals surface area contributed by atoms with Crippen molar-refractivity contribution in [3.8, 4) is 0 Å². The second-order valence-corrected chi connectivity index (χ2v) is 4.03. The van der Waals surface area contributed by atoms with Gasteiger partial charge in [-0.05, 0) is 6.07 Å². The molecule has 9 heteroatoms. The van der Waals surface area contributed by atoms with Crippen LogP contribution in [0.2, 0.25) is 5.02 Å². The lowest BCUT2D eigenvalue weighted by Crippen LogP contribution is -2.34. The monoisotopic (exact) mass is 287 g/mol. The number of rotatable bonds is 5. The third-order valence-electron chi connectivity index (χ3n) is 2.26. The van der Waals surface area contributed by atoms with Gasteiger partial charge >= 0.3 is 12.0 Å². The van der Waals surface area contributed by atoms with Gasteiger partial charge in [-0.1, -0.05) is 11.6 Å². The molecule has 0 aliphatic heterocycles. The number of nitrogens with two attached hydrogens (primary N) is 1. The maximum atomic E-state index is 10.8. The number of urea groups is 1. The first-order valence-electron chi connectivity index (χ1n) is 5.03. The zero-order valence-electron chi connectivity index (χ0n) is 9.50. The number of carbonyl (C=O) groups is 2. The van der Waals surface area contributed by atoms with Gasteiger partial charge in [0.1, 0.15) is 0 Å². The largest absolute Gasteiger partial charge is 0.481 e. The van der Waals surface area contributed by atoms with Gasteiger partial charge in [-0.25, -0.2) is 4.79 Å². The van der Waals surface area contributed by atoms with Crippen LogP contribution < -0.4 is 11.1 Å². The van der Waals surface area contributed by atoms with Crippen LogP contribution in [0.5, 0.6) is 0 Å². The van der Waals surface area contributed by atoms with Crippen LogP contribution in [0.25, 0.3) is 0 Å². The lowest BCUT2D eigenvalue weighted by atomic mass is 10.0. The molecule has 1 aromatic carbocycles. The van der Waals surface area contributed by atoms with Crippen molar-refractivity contribution in [3.05, 3.63) is 38.9 Å². The molecular formula is C10H10ClN3O5. The molecule has 19 heavy (non-hydrogen) atoms. The van der Waals surface area contributed by atoms with Gasteiger partial charge in [0, 0.05) is 22.7 Å². The van der Waals surface area contributed by atoms with E-state index in [0.29, 0.717) is 0 Å². The van der Waals surface area contributed by atoms with E-state index in [2.05, 4.69) is 5.32 Å². The predicted molar refractivity (Wildman–Crippen MR) is 65.8 cm³/mol. The van der Waals surface area contributed by atoms with E-state index in [1.807, 2.05) is 0 Å². The van der Waals surface area contributed by atoms with Crippen LogP contribution >= 0.6 is 11.6 Å². The molecule has 102 valence electrons. The molecule has 1 atom stereocenters. The summed E-state index contributed by atoms with van der Waals surface area (Å²) in [6, 6.07) is 1.54. The van der Waals surface area contributed by atoms with Gasteiger partial charge in [0.15, 0.2) is 0 Å². The van der Waals surface area contributed by atoms with Gasteiger partial charge in [0.05, 0.1) is 17.4 Å². The van der Waals surface area contributed by atoms with Crippen molar-refractivity contribution in [2.75, 3.05) is 0 Å². The van der Waals surface area contributed by atoms with Crippen LogP contribution in [0.4, 0.5) is 10.5 Å². The Balaban J connectivity index is 3.19. The van der Waals surface area contributed by atoms with Crippen LogP contribution in [0.1, 0.15) is 18.0 Å². The van der Waals surface area contributed by atoms with Crippen molar-refractivity contribution in [3.63, 3.8) is 0 Å². The van der Waals surface area contributed by atoms with E-state index in [9.17, 15) is 19.7 Å². The number of carboxylic acid groups (broad SMARTS) is 1. The van der Waals surface area contributed by atoms with Crippen molar-refractivity contribution >= 4 is 29.3 Å². The molecule has 0 fully saturated rings. The van der Waals surface area contributed by atoms with Crippen molar-refractivity contribution in [1.29, 1.82) is 0 Å². The number of hydrogen-bond donors (Lipinski definition) is 3. The second-order valence-electron chi connectivity index (χ2n) is 3.62. The summed E-state index contributed by atoms with van der Waals surface area (Å²) in [5.41, 5.74) is 4.79. The number of nitrogens with zero attached hydrogens (tertiary/aromatic N) is 1. The van der Waals surface area contributed by atoms with Crippen LogP contribution in [-0.2, 0) is 4.79 Å². The zero-order valence-corrected chi connectivity index (χ0v) is 10.3. The Kier molecular flexibility index (Phi) is 4.65. The number of primary amides is 1. The number of hydrogen-bond acceptors (Lipinski definition) is 4. The Bertz CT molecular complexity index is 518. The molecule has 1 aromatic rings. The summed E-state index contributed by atoms with van der Waals surface area (Å²) in [6.07, 6.45) is -0.496. The molecule has 2 amide bonds. The third-order valence-corrected chi connectivity index (χ3v) is 2.61. The minimum atomic E-state index is -1.21. The van der Waals surface area contributed by atoms with Crippen molar-refractivity contribution in [2.24, 2.45) is 5.73 Å². The van der Waals surface area contributed by atoms with E-state index in [-0.39, 0.29) is 16.3 Å². The van der Waals surface area contributed by atoms with Gasteiger partial charge in [0.25, 0.3) is 5.69 Å². The lowest BCUT2D eigenvalue weighted by Gasteiger charge is -2.17. The van der Waals surface area contributed by atoms with Crippen LogP contribution in [0.15, 0.2) is 18.2 Å². The first kappa shape index (κ1) is 14.7. The molecule has 1 rings (SSSR count). The van der Waals surface area contributed by atoms with Crippen LogP contribution in [0.3, 0.4) is 0 Å². The van der Waals surface area contributed by atoms with Gasteiger partial charge in [-0.15, -0.1) is 0 Å². The molecule has 0 spiro atoms. The quantitative estimate of drug-likeness (QED) is 0.556. The number of carboxylic acids is 1. The molecule has 8 nitrogen and oxygen atoms in total. The second kappa shape index (κ2) is 6.01. The topological polar surface area (TPSA) is 136 Å². The molecule has 0 saturated heterocycles. The minimum Gasteiger partial charge on any atom is -0.481 e. The maximum Gasteiger partial charge on any atom is 0.312 e. The molecule has 4 N–H and O–H groups in total. The fourth-order valence-corrected chi connectivity index (χ4v) is 1.75. The van der Waals surface area contributed by atoms with E-state index < -0.39 is 29.4 Å². The fourth-order valence-electron chi connectivity index (χ4n) is 1.50. The molecule has 1 unspecified atom stereocenters. The highest BCUT2D eigenvalue weighted by molar-refractivity contribution is 6.31. The summed E-state index contributed by atoms with van der Waals surface area (Å²) in [4.78, 5) is 31.6. The fraction of sp³-hybridized carbons (Fsp3) is 0.200. The minimum absolute atomic E-state index is 0.102. The van der Waals surface area contributed by atoms with E-state index >= 15 is 0 Å². The summed E-state index contributed by atoms with van der Waals surface area (Å²) in [7, 11) is 0. The number of nitrogens with one attached hydrogen (secondary N) is 1. The zero-order chi connectivity index (χ0) is 14.6. The molecular weight excluding hydrogens is 278 g/mol. The average Bonchev–Trinajstić information content (AvgIpc) is 2.27. The smallest absolute Gasteiger partial charge is 0.312 e. The number of aliphatic carboxylic acids is 1. The van der Waals surface area contributed by atoms with Crippen molar-refractivity contribution < 1.29 is 19.6 Å². The molecule has 0 aliphatic carbocycles. The summed E-state index contributed by atoms with van der Waals surface area (Å²) in [5.74, 6) is -1.21. The van der Waals surface area contributed by atoms with E-state index in [1.54, 1.807) is 0 Å². The Morgan fingerprint density at radius 2 is 2.16 bits per heavy atom. The summed E-state index contributed by atoms with van der Waals surface area (Å²) in [6.45, 7) is 0. The highest BCUT2D eigenvalue weighted by Gasteiger charge is 2.22. The standard InChI is InChI=1S/C10H10ClN3O5/c11-7-2-1-5(14(18)19)3-6(7)8(4-9(15)16)13-10(12)17/h1-3,8H,4H2,(H,15,16)(H3,12,13,17). The predicted octanol–water partition coefficient (Wildman–Crippen LogP) is 1.43. The van der Waals surface area contributed by atoms with Crippen molar-refractivity contribution in [2.45, 2.75) is 12.5 Å². The Morgan fingerprint density at radius 3 is 2.63 bits per heavy atom. The SMILES string of the molecule is NC(=O)NC(CC(=O)O)c1cc([N+](=O)[O-])ccc1Cl. The molecule has 0 radical (unpaired) electrons. The summed E-state index contributed by atoms with van der Waals surface area (Å²) in [5, 5.41) is 21.7. The van der Waals surface area contributed by atoms with E-state index in [0.717, 1.165) is 6.07 Å². The number of carbonyl (C=O) groups excluding carboxylic acids is 1. The normalized spacial score (nSPS) is 11.6. The first-order valence-corrected chi connectivity index (χ1v) is 5.40. The average molecular weight is 288 g/mol.